The first-order valence-electron chi connectivity index (χ1n) is 12.5. The number of allylic oxidation sites excluding steroid dienone is 1. The van der Waals surface area contributed by atoms with Crippen molar-refractivity contribution in [2.24, 2.45) is 5.92 Å². The molecule has 1 aliphatic heterocycles. The second-order valence-electron chi connectivity index (χ2n) is 9.64. The first-order valence-corrected chi connectivity index (χ1v) is 13.2. The molecule has 8 nitrogen and oxygen atoms in total. The zero-order chi connectivity index (χ0) is 27.1. The van der Waals surface area contributed by atoms with Crippen molar-refractivity contribution >= 4 is 40.7 Å². The van der Waals surface area contributed by atoms with Crippen molar-refractivity contribution in [1.29, 1.82) is 0 Å². The number of halogens is 2. The molecule has 1 aliphatic carbocycles. The van der Waals surface area contributed by atoms with Gasteiger partial charge in [0, 0.05) is 31.4 Å². The molecule has 2 amide bonds. The molecule has 202 valence electrons. The minimum Gasteiger partial charge on any atom is -0.505 e. The zero-order valence-electron chi connectivity index (χ0n) is 21.4. The number of aliphatic hydroxyl groups is 1. The van der Waals surface area contributed by atoms with Crippen LogP contribution in [-0.4, -0.2) is 88.6 Å². The number of phenols is 1. The van der Waals surface area contributed by atoms with Crippen LogP contribution in [0.25, 0.3) is 0 Å². The summed E-state index contributed by atoms with van der Waals surface area (Å²) < 4.78 is 0. The summed E-state index contributed by atoms with van der Waals surface area (Å²) in [5, 5.41) is 22.4. The topological polar surface area (TPSA) is 96.4 Å². The summed E-state index contributed by atoms with van der Waals surface area (Å²) in [6, 6.07) is 3.10. The average molecular weight is 552 g/mol. The predicted molar refractivity (Wildman–Crippen MR) is 148 cm³/mol. The molecular weight excluding hydrogens is 515 g/mol. The van der Waals surface area contributed by atoms with E-state index in [1.54, 1.807) is 18.0 Å². The van der Waals surface area contributed by atoms with Crippen LogP contribution >= 0.6 is 23.2 Å². The number of likely N-dealkylation sites (tertiary alicyclic amines) is 1. The Morgan fingerprint density at radius 2 is 2.00 bits per heavy atom. The maximum atomic E-state index is 13.0. The predicted octanol–water partition coefficient (Wildman–Crippen LogP) is 3.89. The third-order valence-electron chi connectivity index (χ3n) is 6.96. The number of aromatic hydroxyl groups is 1. The number of amides is 2. The molecule has 1 saturated heterocycles. The number of carbonyl (C=O) groups excluding carboxylic acids is 2. The molecule has 1 fully saturated rings. The summed E-state index contributed by atoms with van der Waals surface area (Å²) in [7, 11) is 2.03. The van der Waals surface area contributed by atoms with E-state index in [9.17, 15) is 19.8 Å². The van der Waals surface area contributed by atoms with E-state index in [0.717, 1.165) is 18.4 Å². The number of aliphatic hydroxyl groups excluding tert-OH is 1. The molecule has 10 heteroatoms. The van der Waals surface area contributed by atoms with Crippen LogP contribution in [0.4, 0.5) is 5.69 Å². The van der Waals surface area contributed by atoms with Gasteiger partial charge < -0.3 is 20.4 Å². The highest BCUT2D eigenvalue weighted by molar-refractivity contribution is 6.37. The quantitative estimate of drug-likeness (QED) is 0.302. The summed E-state index contributed by atoms with van der Waals surface area (Å²) in [5.41, 5.74) is 1.44. The lowest BCUT2D eigenvalue weighted by Gasteiger charge is -2.28. The van der Waals surface area contributed by atoms with Crippen LogP contribution in [0.5, 0.6) is 5.75 Å². The van der Waals surface area contributed by atoms with Crippen molar-refractivity contribution in [2.75, 3.05) is 45.1 Å². The smallest absolute Gasteiger partial charge is 0.240 e. The fourth-order valence-corrected chi connectivity index (χ4v) is 5.05. The highest BCUT2D eigenvalue weighted by atomic mass is 35.5. The highest BCUT2D eigenvalue weighted by Crippen LogP contribution is 2.35. The van der Waals surface area contributed by atoms with Crippen molar-refractivity contribution in [3.63, 3.8) is 0 Å². The van der Waals surface area contributed by atoms with Gasteiger partial charge in [0.2, 0.25) is 11.8 Å². The van der Waals surface area contributed by atoms with E-state index in [2.05, 4.69) is 35.0 Å². The molecule has 3 N–H and O–H groups in total. The molecule has 1 aromatic carbocycles. The molecule has 0 radical (unpaired) electrons. The SMILES string of the molecule is C=CN(CCN(C)[C@@H]1C=CCC(C(C)O)=CC1)C(=O)CN1CC[C@@H](C(=O)Nc2cc(Cl)c(O)c(Cl)c2)C1. The molecule has 1 unspecified atom stereocenters. The van der Waals surface area contributed by atoms with Crippen LogP contribution in [0.1, 0.15) is 26.2 Å². The Bertz CT molecular complexity index is 1040. The Hall–Kier alpha value is -2.36. The fourth-order valence-electron chi connectivity index (χ4n) is 4.57. The molecule has 3 rings (SSSR count). The van der Waals surface area contributed by atoms with E-state index in [0.29, 0.717) is 38.3 Å². The van der Waals surface area contributed by atoms with Gasteiger partial charge in [-0.1, -0.05) is 48.0 Å². The number of likely N-dealkylation sites (N-methyl/N-ethyl adjacent to an activating group) is 1. The molecular formula is C27H36Cl2N4O4. The molecule has 37 heavy (non-hydrogen) atoms. The van der Waals surface area contributed by atoms with Crippen molar-refractivity contribution in [1.82, 2.24) is 14.7 Å². The first kappa shape index (κ1) is 29.2. The Labute approximate surface area is 228 Å². The second-order valence-corrected chi connectivity index (χ2v) is 10.5. The van der Waals surface area contributed by atoms with Gasteiger partial charge in [0.25, 0.3) is 0 Å². The summed E-state index contributed by atoms with van der Waals surface area (Å²) in [6.07, 6.45) is 9.67. The Balaban J connectivity index is 1.46. The van der Waals surface area contributed by atoms with Crippen LogP contribution < -0.4 is 5.32 Å². The largest absolute Gasteiger partial charge is 0.505 e. The summed E-state index contributed by atoms with van der Waals surface area (Å²) in [5.74, 6) is -0.740. The molecule has 2 aliphatic rings. The number of anilines is 1. The summed E-state index contributed by atoms with van der Waals surface area (Å²) in [4.78, 5) is 31.5. The average Bonchev–Trinajstić information content (AvgIpc) is 3.16. The van der Waals surface area contributed by atoms with Gasteiger partial charge in [0.1, 0.15) is 0 Å². The number of phenolic OH excluding ortho intramolecular Hbond substituents is 1. The van der Waals surface area contributed by atoms with Gasteiger partial charge >= 0.3 is 0 Å². The Morgan fingerprint density at radius 3 is 2.65 bits per heavy atom. The maximum Gasteiger partial charge on any atom is 0.240 e. The number of rotatable bonds is 10. The van der Waals surface area contributed by atoms with Crippen LogP contribution in [-0.2, 0) is 9.59 Å². The lowest BCUT2D eigenvalue weighted by Crippen LogP contribution is -2.42. The van der Waals surface area contributed by atoms with Gasteiger partial charge in [-0.2, -0.15) is 0 Å². The first-order chi connectivity index (χ1) is 17.6. The van der Waals surface area contributed by atoms with Gasteiger partial charge in [-0.15, -0.1) is 0 Å². The molecule has 0 saturated carbocycles. The second kappa shape index (κ2) is 13.4. The van der Waals surface area contributed by atoms with Crippen LogP contribution in [0.2, 0.25) is 10.0 Å². The van der Waals surface area contributed by atoms with Crippen molar-refractivity contribution in [3.05, 3.63) is 58.8 Å². The molecule has 0 spiro atoms. The monoisotopic (exact) mass is 550 g/mol. The Morgan fingerprint density at radius 1 is 1.30 bits per heavy atom. The third kappa shape index (κ3) is 8.06. The molecule has 1 aromatic rings. The van der Waals surface area contributed by atoms with E-state index in [1.165, 1.54) is 12.1 Å². The number of hydrogen-bond donors (Lipinski definition) is 3. The van der Waals surface area contributed by atoms with E-state index < -0.39 is 6.10 Å². The van der Waals surface area contributed by atoms with E-state index in [-0.39, 0.29) is 46.1 Å². The van der Waals surface area contributed by atoms with Crippen molar-refractivity contribution in [3.8, 4) is 5.75 Å². The lowest BCUT2D eigenvalue weighted by molar-refractivity contribution is -0.130. The number of benzene rings is 1. The van der Waals surface area contributed by atoms with Gasteiger partial charge in [-0.3, -0.25) is 19.4 Å². The number of hydrogen-bond acceptors (Lipinski definition) is 6. The molecule has 0 bridgehead atoms. The maximum absolute atomic E-state index is 13.0. The summed E-state index contributed by atoms with van der Waals surface area (Å²) in [6.45, 7) is 8.09. The van der Waals surface area contributed by atoms with Gasteiger partial charge in [0.15, 0.2) is 5.75 Å². The standard InChI is InChI=1S/C27H36Cl2N4O4/c1-4-33(13-12-31(3)22-7-5-6-19(8-9-22)18(2)34)25(35)17-32-11-10-20(16-32)27(37)30-21-14-23(28)26(36)24(29)15-21/h4-5,7-8,14-15,18,20,22,34,36H,1,6,9-13,16-17H2,2-3H3,(H,30,37)/t18?,20-,22-/m1/s1. The normalized spacial score (nSPS) is 20.9. The van der Waals surface area contributed by atoms with E-state index in [4.69, 9.17) is 23.2 Å². The zero-order valence-corrected chi connectivity index (χ0v) is 22.9. The highest BCUT2D eigenvalue weighted by Gasteiger charge is 2.30. The minimum atomic E-state index is -0.441. The number of carbonyl (C=O) groups is 2. The van der Waals surface area contributed by atoms with E-state index in [1.807, 2.05) is 11.9 Å². The third-order valence-corrected chi connectivity index (χ3v) is 7.53. The van der Waals surface area contributed by atoms with Gasteiger partial charge in [-0.25, -0.2) is 0 Å². The van der Waals surface area contributed by atoms with Crippen molar-refractivity contribution < 1.29 is 19.8 Å². The van der Waals surface area contributed by atoms with Crippen LogP contribution in [0, 0.1) is 5.92 Å². The number of nitrogens with one attached hydrogen (secondary N) is 1. The molecule has 0 aromatic heterocycles. The van der Waals surface area contributed by atoms with Gasteiger partial charge in [-0.05, 0) is 63.7 Å². The lowest BCUT2D eigenvalue weighted by atomic mass is 10.1. The molecule has 1 heterocycles. The number of nitrogens with zero attached hydrogens (tertiary/aromatic N) is 3. The van der Waals surface area contributed by atoms with Crippen LogP contribution in [0.15, 0.2) is 48.7 Å². The van der Waals surface area contributed by atoms with Gasteiger partial charge in [0.05, 0.1) is 28.6 Å². The van der Waals surface area contributed by atoms with Crippen molar-refractivity contribution in [2.45, 2.75) is 38.3 Å². The summed E-state index contributed by atoms with van der Waals surface area (Å²) >= 11 is 11.9. The van der Waals surface area contributed by atoms with Crippen LogP contribution in [0.3, 0.4) is 0 Å². The molecule has 3 atom stereocenters. The fraction of sp³-hybridized carbons (Fsp3) is 0.481. The Kier molecular flexibility index (Phi) is 10.6. The minimum absolute atomic E-state index is 0.0609. The van der Waals surface area contributed by atoms with E-state index >= 15 is 0 Å².